The Hall–Kier alpha value is -0.570. The average Bonchev–Trinajstić information content (AvgIpc) is 2.17. The number of hydrogen-bond acceptors (Lipinski definition) is 1. The van der Waals surface area contributed by atoms with Crippen LogP contribution in [0.2, 0.25) is 0 Å². The summed E-state index contributed by atoms with van der Waals surface area (Å²) in [6, 6.07) is 7.02. The van der Waals surface area contributed by atoms with Crippen LogP contribution in [0.5, 0.6) is 5.75 Å². The molecule has 1 nitrogen and oxygen atoms in total. The van der Waals surface area contributed by atoms with Crippen LogP contribution >= 0.6 is 15.9 Å². The third kappa shape index (κ3) is 2.21. The van der Waals surface area contributed by atoms with Gasteiger partial charge in [0.05, 0.1) is 7.11 Å². The molecule has 0 saturated carbocycles. The fourth-order valence-corrected chi connectivity index (χ4v) is 1.30. The Kier molecular flexibility index (Phi) is 3.53. The topological polar surface area (TPSA) is 9.23 Å². The van der Waals surface area contributed by atoms with Crippen molar-refractivity contribution in [3.63, 3.8) is 0 Å². The molecule has 0 aromatic heterocycles. The molecule has 0 spiro atoms. The Labute approximate surface area is 79.7 Å². The number of rotatable bonds is 3. The predicted molar refractivity (Wildman–Crippen MR) is 50.6 cm³/mol. The van der Waals surface area contributed by atoms with E-state index in [9.17, 15) is 4.39 Å². The van der Waals surface area contributed by atoms with Crippen molar-refractivity contribution in [2.24, 2.45) is 0 Å². The predicted octanol–water partition coefficient (Wildman–Crippen LogP) is 3.10. The Bertz CT molecular complexity index is 252. The van der Waals surface area contributed by atoms with Crippen molar-refractivity contribution >= 4 is 15.9 Å². The van der Waals surface area contributed by atoms with Crippen molar-refractivity contribution in [3.8, 4) is 5.75 Å². The van der Waals surface area contributed by atoms with Gasteiger partial charge in [-0.2, -0.15) is 0 Å². The fourth-order valence-electron chi connectivity index (χ4n) is 0.925. The van der Waals surface area contributed by atoms with Crippen LogP contribution in [0.15, 0.2) is 24.3 Å². The molecule has 0 aliphatic rings. The van der Waals surface area contributed by atoms with Gasteiger partial charge in [0, 0.05) is 5.33 Å². The van der Waals surface area contributed by atoms with E-state index in [0.29, 0.717) is 16.6 Å². The highest BCUT2D eigenvalue weighted by Crippen LogP contribution is 2.23. The van der Waals surface area contributed by atoms with Gasteiger partial charge in [0.15, 0.2) is 0 Å². The summed E-state index contributed by atoms with van der Waals surface area (Å²) in [6.07, 6.45) is -0.958. The Morgan fingerprint density at radius 1 is 1.58 bits per heavy atom. The Morgan fingerprint density at radius 3 is 2.92 bits per heavy atom. The number of benzene rings is 1. The maximum Gasteiger partial charge on any atom is 0.135 e. The molecule has 0 aliphatic heterocycles. The lowest BCUT2D eigenvalue weighted by Crippen LogP contribution is -1.93. The SMILES string of the molecule is COc1cccc([C@@H](F)CBr)c1. The lowest BCUT2D eigenvalue weighted by Gasteiger charge is -2.06. The van der Waals surface area contributed by atoms with Crippen molar-refractivity contribution < 1.29 is 9.13 Å². The summed E-state index contributed by atoms with van der Waals surface area (Å²) in [5.41, 5.74) is 0.645. The monoisotopic (exact) mass is 232 g/mol. The van der Waals surface area contributed by atoms with Gasteiger partial charge in [0.1, 0.15) is 11.9 Å². The zero-order valence-corrected chi connectivity index (χ0v) is 8.34. The van der Waals surface area contributed by atoms with Crippen LogP contribution < -0.4 is 4.74 Å². The molecule has 0 unspecified atom stereocenters. The summed E-state index contributed by atoms with van der Waals surface area (Å²) in [7, 11) is 1.57. The lowest BCUT2D eigenvalue weighted by molar-refractivity contribution is 0.377. The maximum atomic E-state index is 13.1. The molecule has 1 rings (SSSR count). The Morgan fingerprint density at radius 2 is 2.33 bits per heavy atom. The zero-order chi connectivity index (χ0) is 8.97. The highest BCUT2D eigenvalue weighted by Gasteiger charge is 2.07. The second kappa shape index (κ2) is 4.45. The minimum absolute atomic E-state index is 0.320. The first-order chi connectivity index (χ1) is 5.77. The van der Waals surface area contributed by atoms with E-state index in [2.05, 4.69) is 15.9 Å². The molecule has 3 heteroatoms. The van der Waals surface area contributed by atoms with E-state index in [1.54, 1.807) is 31.4 Å². The molecule has 0 N–H and O–H groups in total. The summed E-state index contributed by atoms with van der Waals surface area (Å²) < 4.78 is 18.0. The van der Waals surface area contributed by atoms with E-state index in [4.69, 9.17) is 4.74 Å². The number of methoxy groups -OCH3 is 1. The summed E-state index contributed by atoms with van der Waals surface area (Å²) in [5, 5.41) is 0.320. The molecule has 0 heterocycles. The first-order valence-electron chi connectivity index (χ1n) is 3.62. The van der Waals surface area contributed by atoms with Crippen LogP contribution in [0.4, 0.5) is 4.39 Å². The molecule has 0 amide bonds. The van der Waals surface area contributed by atoms with Crippen LogP contribution in [-0.2, 0) is 0 Å². The highest BCUT2D eigenvalue weighted by molar-refractivity contribution is 9.09. The van der Waals surface area contributed by atoms with E-state index in [1.165, 1.54) is 0 Å². The lowest BCUT2D eigenvalue weighted by atomic mass is 10.1. The molecule has 0 aliphatic carbocycles. The molecule has 0 fully saturated rings. The standard InChI is InChI=1S/C9H10BrFO/c1-12-8-4-2-3-7(5-8)9(11)6-10/h2-5,9H,6H2,1H3/t9-/m0/s1. The molecule has 12 heavy (non-hydrogen) atoms. The minimum Gasteiger partial charge on any atom is -0.497 e. The fraction of sp³-hybridized carbons (Fsp3) is 0.333. The van der Waals surface area contributed by atoms with Crippen LogP contribution in [0.1, 0.15) is 11.7 Å². The molecule has 0 bridgehead atoms. The van der Waals surface area contributed by atoms with Gasteiger partial charge in [-0.25, -0.2) is 4.39 Å². The third-order valence-electron chi connectivity index (χ3n) is 1.59. The molecular weight excluding hydrogens is 223 g/mol. The molecule has 0 saturated heterocycles. The van der Waals surface area contributed by atoms with Gasteiger partial charge in [0.25, 0.3) is 0 Å². The van der Waals surface area contributed by atoms with Gasteiger partial charge in [-0.15, -0.1) is 0 Å². The number of hydrogen-bond donors (Lipinski definition) is 0. The molecule has 1 aromatic rings. The van der Waals surface area contributed by atoms with Gasteiger partial charge in [0.2, 0.25) is 0 Å². The molecular formula is C9H10BrFO. The normalized spacial score (nSPS) is 12.6. The van der Waals surface area contributed by atoms with E-state index >= 15 is 0 Å². The van der Waals surface area contributed by atoms with Gasteiger partial charge >= 0.3 is 0 Å². The highest BCUT2D eigenvalue weighted by atomic mass is 79.9. The maximum absolute atomic E-state index is 13.1. The van der Waals surface area contributed by atoms with E-state index in [0.717, 1.165) is 0 Å². The van der Waals surface area contributed by atoms with E-state index in [-0.39, 0.29) is 0 Å². The number of alkyl halides is 2. The van der Waals surface area contributed by atoms with Crippen LogP contribution in [0.3, 0.4) is 0 Å². The molecule has 66 valence electrons. The first kappa shape index (κ1) is 9.52. The van der Waals surface area contributed by atoms with Crippen molar-refractivity contribution in [3.05, 3.63) is 29.8 Å². The second-order valence-electron chi connectivity index (χ2n) is 2.40. The summed E-state index contributed by atoms with van der Waals surface area (Å²) in [4.78, 5) is 0. The van der Waals surface area contributed by atoms with Gasteiger partial charge < -0.3 is 4.74 Å². The first-order valence-corrected chi connectivity index (χ1v) is 4.74. The molecule has 1 aromatic carbocycles. The van der Waals surface area contributed by atoms with Crippen molar-refractivity contribution in [2.75, 3.05) is 12.4 Å². The van der Waals surface area contributed by atoms with Crippen molar-refractivity contribution in [2.45, 2.75) is 6.17 Å². The number of halogens is 2. The van der Waals surface area contributed by atoms with E-state index < -0.39 is 6.17 Å². The van der Waals surface area contributed by atoms with Crippen LogP contribution in [0, 0.1) is 0 Å². The third-order valence-corrected chi connectivity index (χ3v) is 2.16. The largest absolute Gasteiger partial charge is 0.497 e. The van der Waals surface area contributed by atoms with Gasteiger partial charge in [-0.05, 0) is 17.7 Å². The van der Waals surface area contributed by atoms with Gasteiger partial charge in [-0.3, -0.25) is 0 Å². The molecule has 0 radical (unpaired) electrons. The van der Waals surface area contributed by atoms with Gasteiger partial charge in [-0.1, -0.05) is 28.1 Å². The van der Waals surface area contributed by atoms with E-state index in [1.807, 2.05) is 0 Å². The minimum atomic E-state index is -0.958. The Balaban J connectivity index is 2.86. The number of ether oxygens (including phenoxy) is 1. The zero-order valence-electron chi connectivity index (χ0n) is 6.76. The summed E-state index contributed by atoms with van der Waals surface area (Å²) in [6.45, 7) is 0. The van der Waals surface area contributed by atoms with Crippen LogP contribution in [0.25, 0.3) is 0 Å². The average molecular weight is 233 g/mol. The molecule has 1 atom stereocenters. The van der Waals surface area contributed by atoms with Crippen molar-refractivity contribution in [1.29, 1.82) is 0 Å². The van der Waals surface area contributed by atoms with Crippen LogP contribution in [-0.4, -0.2) is 12.4 Å². The smallest absolute Gasteiger partial charge is 0.135 e. The second-order valence-corrected chi connectivity index (χ2v) is 3.05. The quantitative estimate of drug-likeness (QED) is 0.729. The summed E-state index contributed by atoms with van der Waals surface area (Å²) in [5.74, 6) is 0.691. The summed E-state index contributed by atoms with van der Waals surface area (Å²) >= 11 is 3.08. The van der Waals surface area contributed by atoms with Crippen molar-refractivity contribution in [1.82, 2.24) is 0 Å².